The van der Waals surface area contributed by atoms with E-state index in [9.17, 15) is 9.90 Å². The van der Waals surface area contributed by atoms with Gasteiger partial charge in [-0.2, -0.15) is 0 Å². The summed E-state index contributed by atoms with van der Waals surface area (Å²) < 4.78 is 0. The molecule has 0 spiro atoms. The Kier molecular flexibility index (Phi) is 3.10. The number of rotatable bonds is 3. The lowest BCUT2D eigenvalue weighted by molar-refractivity contribution is -0.139. The summed E-state index contributed by atoms with van der Waals surface area (Å²) in [5.41, 5.74) is -0.610. The van der Waals surface area contributed by atoms with Gasteiger partial charge < -0.3 is 10.4 Å². The van der Waals surface area contributed by atoms with Gasteiger partial charge in [-0.3, -0.25) is 4.79 Å². The van der Waals surface area contributed by atoms with Crippen LogP contribution in [0.5, 0.6) is 0 Å². The molecule has 0 unspecified atom stereocenters. The Hall–Kier alpha value is -0.570. The number of aliphatic hydroxyl groups is 1. The van der Waals surface area contributed by atoms with Crippen LogP contribution in [0.2, 0.25) is 0 Å². The summed E-state index contributed by atoms with van der Waals surface area (Å²) in [4.78, 5) is 12.6. The number of hydrogen-bond donors (Lipinski definition) is 2. The highest BCUT2D eigenvalue weighted by Gasteiger charge is 2.50. The Morgan fingerprint density at radius 2 is 1.55 bits per heavy atom. The maximum atomic E-state index is 12.6. The Morgan fingerprint density at radius 3 is 2.10 bits per heavy atom. The molecule has 3 heteroatoms. The van der Waals surface area contributed by atoms with Gasteiger partial charge in [0.1, 0.15) is 0 Å². The fourth-order valence-electron chi connectivity index (χ4n) is 5.93. The monoisotopic (exact) mass is 277 g/mol. The van der Waals surface area contributed by atoms with E-state index in [0.29, 0.717) is 18.4 Å². The SMILES string of the molecule is O=C(NCC1(O)CCCC1)C1C2CC3CC(C2)CC1C3. The minimum Gasteiger partial charge on any atom is -0.388 e. The topological polar surface area (TPSA) is 49.3 Å². The van der Waals surface area contributed by atoms with E-state index in [0.717, 1.165) is 37.5 Å². The van der Waals surface area contributed by atoms with E-state index >= 15 is 0 Å². The molecule has 5 aliphatic rings. The van der Waals surface area contributed by atoms with Gasteiger partial charge in [-0.1, -0.05) is 12.8 Å². The summed E-state index contributed by atoms with van der Waals surface area (Å²) in [5.74, 6) is 3.63. The van der Waals surface area contributed by atoms with Crippen molar-refractivity contribution in [2.45, 2.75) is 63.4 Å². The summed E-state index contributed by atoms with van der Waals surface area (Å²) >= 11 is 0. The molecule has 0 aromatic rings. The Bertz CT molecular complexity index is 372. The first kappa shape index (κ1) is 13.1. The number of amides is 1. The maximum Gasteiger partial charge on any atom is 0.223 e. The van der Waals surface area contributed by atoms with E-state index in [1.807, 2.05) is 0 Å². The molecule has 112 valence electrons. The second kappa shape index (κ2) is 4.72. The molecule has 0 aromatic heterocycles. The first-order valence-corrected chi connectivity index (χ1v) is 8.63. The van der Waals surface area contributed by atoms with Crippen LogP contribution in [0.25, 0.3) is 0 Å². The molecule has 0 aromatic carbocycles. The first-order chi connectivity index (χ1) is 9.63. The van der Waals surface area contributed by atoms with Crippen LogP contribution >= 0.6 is 0 Å². The van der Waals surface area contributed by atoms with Gasteiger partial charge in [0, 0.05) is 12.5 Å². The van der Waals surface area contributed by atoms with E-state index in [-0.39, 0.29) is 11.8 Å². The van der Waals surface area contributed by atoms with Crippen molar-refractivity contribution in [1.29, 1.82) is 0 Å². The van der Waals surface area contributed by atoms with Crippen LogP contribution in [0.4, 0.5) is 0 Å². The second-order valence-corrected chi connectivity index (χ2v) is 8.11. The normalized spacial score (nSPS) is 44.8. The molecular formula is C17H27NO2. The molecule has 4 bridgehead atoms. The van der Waals surface area contributed by atoms with Crippen molar-refractivity contribution in [3.8, 4) is 0 Å². The van der Waals surface area contributed by atoms with E-state index in [4.69, 9.17) is 0 Å². The average molecular weight is 277 g/mol. The molecule has 5 aliphatic carbocycles. The highest BCUT2D eigenvalue weighted by atomic mass is 16.3. The lowest BCUT2D eigenvalue weighted by Crippen LogP contribution is -2.52. The molecule has 5 fully saturated rings. The Morgan fingerprint density at radius 1 is 1.00 bits per heavy atom. The van der Waals surface area contributed by atoms with Crippen LogP contribution in [0.15, 0.2) is 0 Å². The summed E-state index contributed by atoms with van der Waals surface area (Å²) in [6, 6.07) is 0. The average Bonchev–Trinajstić information content (AvgIpc) is 2.83. The zero-order chi connectivity index (χ0) is 13.7. The van der Waals surface area contributed by atoms with Crippen molar-refractivity contribution < 1.29 is 9.90 Å². The van der Waals surface area contributed by atoms with E-state index in [1.165, 1.54) is 32.1 Å². The Labute approximate surface area is 121 Å². The number of hydrogen-bond acceptors (Lipinski definition) is 2. The zero-order valence-electron chi connectivity index (χ0n) is 12.3. The lowest BCUT2D eigenvalue weighted by atomic mass is 9.51. The minimum atomic E-state index is -0.610. The number of carbonyl (C=O) groups is 1. The van der Waals surface area contributed by atoms with Crippen LogP contribution in [0.1, 0.15) is 57.8 Å². The molecule has 0 saturated heterocycles. The molecule has 5 saturated carbocycles. The van der Waals surface area contributed by atoms with Gasteiger partial charge in [-0.05, 0) is 68.6 Å². The molecule has 0 aliphatic heterocycles. The van der Waals surface area contributed by atoms with Crippen LogP contribution < -0.4 is 5.32 Å². The highest BCUT2D eigenvalue weighted by Crippen LogP contribution is 2.56. The molecule has 0 radical (unpaired) electrons. The predicted molar refractivity (Wildman–Crippen MR) is 77.0 cm³/mol. The van der Waals surface area contributed by atoms with Crippen molar-refractivity contribution in [2.24, 2.45) is 29.6 Å². The van der Waals surface area contributed by atoms with Crippen molar-refractivity contribution in [1.82, 2.24) is 5.32 Å². The van der Waals surface area contributed by atoms with Gasteiger partial charge in [0.2, 0.25) is 5.91 Å². The van der Waals surface area contributed by atoms with Gasteiger partial charge in [0.25, 0.3) is 0 Å². The van der Waals surface area contributed by atoms with E-state index in [1.54, 1.807) is 0 Å². The molecule has 3 nitrogen and oxygen atoms in total. The third-order valence-corrected chi connectivity index (χ3v) is 6.66. The molecule has 1 amide bonds. The highest BCUT2D eigenvalue weighted by molar-refractivity contribution is 5.79. The molecule has 5 rings (SSSR count). The van der Waals surface area contributed by atoms with Gasteiger partial charge in [0.15, 0.2) is 0 Å². The standard InChI is InChI=1S/C17H27NO2/c19-16(18-10-17(20)3-1-2-4-17)15-13-6-11-5-12(8-13)9-14(15)7-11/h11-15,20H,1-10H2,(H,18,19). The van der Waals surface area contributed by atoms with Crippen LogP contribution in [0.3, 0.4) is 0 Å². The summed E-state index contributed by atoms with van der Waals surface area (Å²) in [6.07, 6.45) is 10.5. The zero-order valence-corrected chi connectivity index (χ0v) is 12.3. The largest absolute Gasteiger partial charge is 0.388 e. The number of nitrogens with one attached hydrogen (secondary N) is 1. The van der Waals surface area contributed by atoms with Gasteiger partial charge in [0.05, 0.1) is 5.60 Å². The molecule has 20 heavy (non-hydrogen) atoms. The summed E-state index contributed by atoms with van der Waals surface area (Å²) in [5, 5.41) is 13.5. The van der Waals surface area contributed by atoms with Gasteiger partial charge in [-0.25, -0.2) is 0 Å². The fraction of sp³-hybridized carbons (Fsp3) is 0.941. The van der Waals surface area contributed by atoms with Crippen molar-refractivity contribution in [3.63, 3.8) is 0 Å². The van der Waals surface area contributed by atoms with Crippen LogP contribution in [-0.2, 0) is 4.79 Å². The Balaban J connectivity index is 1.39. The van der Waals surface area contributed by atoms with Crippen molar-refractivity contribution in [3.05, 3.63) is 0 Å². The second-order valence-electron chi connectivity index (χ2n) is 8.11. The summed E-state index contributed by atoms with van der Waals surface area (Å²) in [7, 11) is 0. The van der Waals surface area contributed by atoms with Crippen molar-refractivity contribution in [2.75, 3.05) is 6.54 Å². The molecule has 0 atom stereocenters. The smallest absolute Gasteiger partial charge is 0.223 e. The van der Waals surface area contributed by atoms with E-state index in [2.05, 4.69) is 5.32 Å². The van der Waals surface area contributed by atoms with Crippen LogP contribution in [-0.4, -0.2) is 23.2 Å². The molecular weight excluding hydrogens is 250 g/mol. The van der Waals surface area contributed by atoms with Crippen molar-refractivity contribution >= 4 is 5.91 Å². The molecule has 2 N–H and O–H groups in total. The van der Waals surface area contributed by atoms with Gasteiger partial charge >= 0.3 is 0 Å². The summed E-state index contributed by atoms with van der Waals surface area (Å²) in [6.45, 7) is 0.481. The predicted octanol–water partition coefficient (Wildman–Crippen LogP) is 2.48. The minimum absolute atomic E-state index is 0.249. The van der Waals surface area contributed by atoms with Crippen LogP contribution in [0, 0.1) is 29.6 Å². The molecule has 0 heterocycles. The van der Waals surface area contributed by atoms with Gasteiger partial charge in [-0.15, -0.1) is 0 Å². The quantitative estimate of drug-likeness (QED) is 0.832. The van der Waals surface area contributed by atoms with E-state index < -0.39 is 5.60 Å². The lowest BCUT2D eigenvalue weighted by Gasteiger charge is -2.53. The fourth-order valence-corrected chi connectivity index (χ4v) is 5.93. The first-order valence-electron chi connectivity index (χ1n) is 8.63. The third kappa shape index (κ3) is 2.18. The maximum absolute atomic E-state index is 12.6. The number of carbonyl (C=O) groups excluding carboxylic acids is 1. The third-order valence-electron chi connectivity index (χ3n) is 6.66.